The molecule has 0 saturated heterocycles. The van der Waals surface area contributed by atoms with Crippen LogP contribution in [0.25, 0.3) is 11.1 Å². The quantitative estimate of drug-likeness (QED) is 0.716. The highest BCUT2D eigenvalue weighted by atomic mass is 16.4. The molecule has 96 valence electrons. The number of hydrogen-bond acceptors (Lipinski definition) is 3. The van der Waals surface area contributed by atoms with Crippen molar-refractivity contribution in [2.24, 2.45) is 0 Å². The predicted octanol–water partition coefficient (Wildman–Crippen LogP) is 0.992. The van der Waals surface area contributed by atoms with Crippen molar-refractivity contribution < 1.29 is 14.8 Å². The maximum atomic E-state index is 10.9. The van der Waals surface area contributed by atoms with Crippen LogP contribution in [0.15, 0.2) is 48.5 Å². The monoisotopic (exact) mass is 255 g/mol. The SMILES string of the molecule is CC(=O)Nc1ccc(-c2ccc(B(O)O)cc2)cc1. The summed E-state index contributed by atoms with van der Waals surface area (Å²) in [7, 11) is -1.45. The van der Waals surface area contributed by atoms with Gasteiger partial charge in [-0.2, -0.15) is 0 Å². The minimum Gasteiger partial charge on any atom is -0.423 e. The number of anilines is 1. The van der Waals surface area contributed by atoms with Gasteiger partial charge in [-0.1, -0.05) is 36.4 Å². The van der Waals surface area contributed by atoms with Gasteiger partial charge in [0.15, 0.2) is 0 Å². The van der Waals surface area contributed by atoms with E-state index in [1.165, 1.54) is 6.92 Å². The lowest BCUT2D eigenvalue weighted by Gasteiger charge is -2.06. The van der Waals surface area contributed by atoms with Gasteiger partial charge in [-0.05, 0) is 28.7 Å². The van der Waals surface area contributed by atoms with E-state index in [2.05, 4.69) is 5.32 Å². The van der Waals surface area contributed by atoms with E-state index < -0.39 is 7.12 Å². The Bertz CT molecular complexity index is 564. The van der Waals surface area contributed by atoms with Crippen LogP contribution in [-0.4, -0.2) is 23.1 Å². The van der Waals surface area contributed by atoms with Gasteiger partial charge in [0.1, 0.15) is 0 Å². The summed E-state index contributed by atoms with van der Waals surface area (Å²) in [5.41, 5.74) is 3.17. The van der Waals surface area contributed by atoms with Crippen LogP contribution in [0.1, 0.15) is 6.92 Å². The van der Waals surface area contributed by atoms with Crippen LogP contribution in [0.3, 0.4) is 0 Å². The number of hydrogen-bond donors (Lipinski definition) is 3. The number of rotatable bonds is 3. The van der Waals surface area contributed by atoms with E-state index in [-0.39, 0.29) is 5.91 Å². The Morgan fingerprint density at radius 2 is 1.42 bits per heavy atom. The number of carbonyl (C=O) groups excluding carboxylic acids is 1. The highest BCUT2D eigenvalue weighted by Crippen LogP contribution is 2.20. The first-order valence-corrected chi connectivity index (χ1v) is 5.90. The van der Waals surface area contributed by atoms with E-state index in [1.807, 2.05) is 36.4 Å². The molecule has 2 aromatic carbocycles. The number of carbonyl (C=O) groups is 1. The second kappa shape index (κ2) is 5.69. The molecule has 0 unspecified atom stereocenters. The average molecular weight is 255 g/mol. The molecule has 0 heterocycles. The molecular weight excluding hydrogens is 241 g/mol. The van der Waals surface area contributed by atoms with E-state index >= 15 is 0 Å². The Morgan fingerprint density at radius 3 is 1.84 bits per heavy atom. The van der Waals surface area contributed by atoms with Gasteiger partial charge in [0, 0.05) is 12.6 Å². The van der Waals surface area contributed by atoms with Gasteiger partial charge in [0.05, 0.1) is 0 Å². The van der Waals surface area contributed by atoms with Crippen LogP contribution < -0.4 is 10.8 Å². The largest absolute Gasteiger partial charge is 0.488 e. The van der Waals surface area contributed by atoms with Crippen molar-refractivity contribution in [3.8, 4) is 11.1 Å². The summed E-state index contributed by atoms with van der Waals surface area (Å²) in [6.45, 7) is 1.47. The van der Waals surface area contributed by atoms with Crippen LogP contribution in [0.4, 0.5) is 5.69 Å². The predicted molar refractivity (Wildman–Crippen MR) is 76.0 cm³/mol. The smallest absolute Gasteiger partial charge is 0.423 e. The summed E-state index contributed by atoms with van der Waals surface area (Å²) in [5, 5.41) is 20.7. The van der Waals surface area contributed by atoms with E-state index in [0.29, 0.717) is 5.46 Å². The van der Waals surface area contributed by atoms with Crippen molar-refractivity contribution in [1.29, 1.82) is 0 Å². The summed E-state index contributed by atoms with van der Waals surface area (Å²) < 4.78 is 0. The van der Waals surface area contributed by atoms with Crippen molar-refractivity contribution in [2.75, 3.05) is 5.32 Å². The van der Waals surface area contributed by atoms with Crippen molar-refractivity contribution in [3.05, 3.63) is 48.5 Å². The van der Waals surface area contributed by atoms with Gasteiger partial charge in [-0.25, -0.2) is 0 Å². The second-order valence-corrected chi connectivity index (χ2v) is 4.25. The minimum atomic E-state index is -1.45. The molecule has 0 aromatic heterocycles. The first-order chi connectivity index (χ1) is 9.06. The topological polar surface area (TPSA) is 69.6 Å². The van der Waals surface area contributed by atoms with Crippen LogP contribution in [0.2, 0.25) is 0 Å². The highest BCUT2D eigenvalue weighted by molar-refractivity contribution is 6.58. The molecular formula is C14H14BNO3. The van der Waals surface area contributed by atoms with E-state index in [9.17, 15) is 4.79 Å². The normalized spacial score (nSPS) is 10.1. The zero-order valence-corrected chi connectivity index (χ0v) is 10.5. The maximum absolute atomic E-state index is 10.9. The molecule has 0 atom stereocenters. The molecule has 2 rings (SSSR count). The minimum absolute atomic E-state index is 0.103. The molecule has 0 aliphatic carbocycles. The van der Waals surface area contributed by atoms with Crippen LogP contribution in [0.5, 0.6) is 0 Å². The molecule has 0 radical (unpaired) electrons. The van der Waals surface area contributed by atoms with Crippen LogP contribution >= 0.6 is 0 Å². The first-order valence-electron chi connectivity index (χ1n) is 5.90. The summed E-state index contributed by atoms with van der Waals surface area (Å²) in [6.07, 6.45) is 0. The molecule has 0 aliphatic rings. The van der Waals surface area contributed by atoms with E-state index in [0.717, 1.165) is 16.8 Å². The van der Waals surface area contributed by atoms with Crippen molar-refractivity contribution >= 4 is 24.2 Å². The number of benzene rings is 2. The lowest BCUT2D eigenvalue weighted by molar-refractivity contribution is -0.114. The Labute approximate surface area is 111 Å². The molecule has 0 spiro atoms. The third kappa shape index (κ3) is 3.43. The lowest BCUT2D eigenvalue weighted by Crippen LogP contribution is -2.29. The van der Waals surface area contributed by atoms with Crippen LogP contribution in [0, 0.1) is 0 Å². The summed E-state index contributed by atoms with van der Waals surface area (Å²) in [6, 6.07) is 14.4. The summed E-state index contributed by atoms with van der Waals surface area (Å²) in [5.74, 6) is -0.103. The Balaban J connectivity index is 2.19. The molecule has 4 nitrogen and oxygen atoms in total. The second-order valence-electron chi connectivity index (χ2n) is 4.25. The Hall–Kier alpha value is -2.11. The zero-order valence-electron chi connectivity index (χ0n) is 10.5. The number of amides is 1. The maximum Gasteiger partial charge on any atom is 0.488 e. The summed E-state index contributed by atoms with van der Waals surface area (Å²) in [4.78, 5) is 10.9. The molecule has 2 aromatic rings. The zero-order chi connectivity index (χ0) is 13.8. The van der Waals surface area contributed by atoms with Crippen molar-refractivity contribution in [3.63, 3.8) is 0 Å². The van der Waals surface area contributed by atoms with Crippen molar-refractivity contribution in [2.45, 2.75) is 6.92 Å². The fourth-order valence-electron chi connectivity index (χ4n) is 1.80. The first kappa shape index (κ1) is 13.3. The molecule has 0 bridgehead atoms. The molecule has 19 heavy (non-hydrogen) atoms. The molecule has 3 N–H and O–H groups in total. The Morgan fingerprint density at radius 1 is 0.947 bits per heavy atom. The molecule has 0 fully saturated rings. The third-order valence-corrected chi connectivity index (χ3v) is 2.75. The Kier molecular flexibility index (Phi) is 3.99. The van der Waals surface area contributed by atoms with Gasteiger partial charge in [-0.15, -0.1) is 0 Å². The van der Waals surface area contributed by atoms with Gasteiger partial charge in [-0.3, -0.25) is 4.79 Å². The van der Waals surface area contributed by atoms with Gasteiger partial charge in [0.2, 0.25) is 5.91 Å². The van der Waals surface area contributed by atoms with Gasteiger partial charge >= 0.3 is 7.12 Å². The fourth-order valence-corrected chi connectivity index (χ4v) is 1.80. The standard InChI is InChI=1S/C14H14BNO3/c1-10(17)16-14-8-4-12(5-9-14)11-2-6-13(7-3-11)15(18)19/h2-9,18-19H,1H3,(H,16,17). The van der Waals surface area contributed by atoms with Crippen LogP contribution in [-0.2, 0) is 4.79 Å². The van der Waals surface area contributed by atoms with E-state index in [1.54, 1.807) is 12.1 Å². The van der Waals surface area contributed by atoms with Gasteiger partial charge < -0.3 is 15.4 Å². The lowest BCUT2D eigenvalue weighted by atomic mass is 9.80. The third-order valence-electron chi connectivity index (χ3n) is 2.75. The van der Waals surface area contributed by atoms with E-state index in [4.69, 9.17) is 10.0 Å². The van der Waals surface area contributed by atoms with Crippen molar-refractivity contribution in [1.82, 2.24) is 0 Å². The molecule has 0 aliphatic heterocycles. The fraction of sp³-hybridized carbons (Fsp3) is 0.0714. The number of nitrogens with one attached hydrogen (secondary N) is 1. The van der Waals surface area contributed by atoms with Gasteiger partial charge in [0.25, 0.3) is 0 Å². The molecule has 5 heteroatoms. The summed E-state index contributed by atoms with van der Waals surface area (Å²) >= 11 is 0. The average Bonchev–Trinajstić information content (AvgIpc) is 2.39. The highest BCUT2D eigenvalue weighted by Gasteiger charge is 2.09. The molecule has 1 amide bonds. The molecule has 0 saturated carbocycles.